The Bertz CT molecular complexity index is 3690. The van der Waals surface area contributed by atoms with Gasteiger partial charge in [0.15, 0.2) is 17.3 Å². The highest BCUT2D eigenvalue weighted by molar-refractivity contribution is 5.95. The minimum Gasteiger partial charge on any atom is -0.378 e. The van der Waals surface area contributed by atoms with Gasteiger partial charge in [-0.2, -0.15) is 10.2 Å². The summed E-state index contributed by atoms with van der Waals surface area (Å²) >= 11 is 0. The number of anilines is 4. The monoisotopic (exact) mass is 1120 g/mol. The van der Waals surface area contributed by atoms with Crippen LogP contribution in [0.4, 0.5) is 23.3 Å². The molecule has 12 rings (SSSR count). The molecule has 0 spiro atoms. The summed E-state index contributed by atoms with van der Waals surface area (Å²) in [6.45, 7) is 15.3. The van der Waals surface area contributed by atoms with E-state index in [-0.39, 0.29) is 40.3 Å². The van der Waals surface area contributed by atoms with Crippen molar-refractivity contribution in [2.75, 3.05) is 50.2 Å². The topological polar surface area (TPSA) is 258 Å². The molecule has 0 amide bonds. The standard InChI is InChI=1S/C29H35N9O2.C26H31N9O.C3H4O2.CH4/c1-29(2,3)38-16-26(34-35-38)27(39)12-19-8-10-37(23-17-40-18-23)14-21-11-20(5-6-24(19)21)25-7-9-30-28(33-25)32-22-13-31-36(4)15-22;1-26(2,3)35-16-23(32-33-35)24(36)12-17-7-9-27-13-19-11-18(5-6-21(17)19)22-8-10-28-25(31-22)30-20-14-29-34(4)15-20;4-3-1-5-2-3;/h5-7,9,11,13,15-16,19,23H,8,10,12,14,17-18H2,1-4H3,(H,30,32,33);5-6,8,10-11,14-17,27H,7,9,12-13H2,1-4H3,(H,28,30,31);1-2H2;1H4/t19-;17-;;/m00../s1/i;4D3;;1D3. The van der Waals surface area contributed by atoms with Gasteiger partial charge < -0.3 is 25.4 Å². The molecule has 0 aliphatic carbocycles. The number of fused-ring (bicyclic) bond motifs is 2. The molecule has 0 bridgehead atoms. The predicted molar refractivity (Wildman–Crippen MR) is 310 cm³/mol. The van der Waals surface area contributed by atoms with Crippen molar-refractivity contribution in [3.05, 3.63) is 132 Å². The van der Waals surface area contributed by atoms with Crippen molar-refractivity contribution in [1.82, 2.24) is 79.7 Å². The van der Waals surface area contributed by atoms with Gasteiger partial charge in [-0.3, -0.25) is 28.6 Å². The SMILES string of the molecule is Cn1cc(Nc2nccc(-c3ccc4c(c3)CN(C3COC3)CC[C@H]4CC(=O)c3cn(C(C)(C)C)nn3)n2)cn1.O=C1COC1.[2H]C([2H])([2H])n1cc(Nc2nccc(-c3ccc4c(c3)CNCC[C@H]4CC(=O)c3cn(C(C)(C)C)nn3)n2)cn1.[2H]C([2H])[2H]. The molecule has 0 radical (unpaired) electrons. The number of Topliss-reactive ketones (excluding diaryl/α,β-unsaturated/α-hetero) is 3. The van der Waals surface area contributed by atoms with Crippen LogP contribution in [0, 0.1) is 0 Å². The molecular weight excluding hydrogens is 1040 g/mol. The van der Waals surface area contributed by atoms with Gasteiger partial charge in [0, 0.05) is 84.1 Å². The van der Waals surface area contributed by atoms with Gasteiger partial charge in [0.1, 0.15) is 24.6 Å². The number of aromatic nitrogens is 14. The van der Waals surface area contributed by atoms with Gasteiger partial charge in [0.2, 0.25) is 11.9 Å². The molecule has 4 aliphatic rings. The van der Waals surface area contributed by atoms with Crippen LogP contribution in [0.25, 0.3) is 22.5 Å². The van der Waals surface area contributed by atoms with Gasteiger partial charge in [0.25, 0.3) is 0 Å². The minimum atomic E-state index is -2.36. The number of nitrogens with one attached hydrogen (secondary N) is 3. The average Bonchev–Trinajstić information content (AvgIpc) is 1.83. The Hall–Kier alpha value is -8.25. The first-order chi connectivity index (χ1) is 41.8. The van der Waals surface area contributed by atoms with E-state index in [1.54, 1.807) is 45.0 Å². The molecule has 6 aromatic heterocycles. The number of aryl methyl sites for hydroxylation is 2. The highest BCUT2D eigenvalue weighted by Gasteiger charge is 2.33. The Morgan fingerprint density at radius 2 is 1.26 bits per heavy atom. The van der Waals surface area contributed by atoms with E-state index >= 15 is 0 Å². The van der Waals surface area contributed by atoms with Crippen molar-refractivity contribution in [3.63, 3.8) is 0 Å². The first kappa shape index (κ1) is 50.7. The first-order valence-electron chi connectivity index (χ1n) is 30.4. The average molecular weight is 1120 g/mol. The minimum absolute atomic E-state index is 0.0132. The van der Waals surface area contributed by atoms with E-state index in [4.69, 9.17) is 17.9 Å². The first-order valence-corrected chi connectivity index (χ1v) is 27.1. The van der Waals surface area contributed by atoms with Crippen LogP contribution in [0.1, 0.15) is 138 Å². The summed E-state index contributed by atoms with van der Waals surface area (Å²) in [4.78, 5) is 56.8. The van der Waals surface area contributed by atoms with Gasteiger partial charge in [-0.05, 0) is 126 Å². The second-order valence-electron chi connectivity index (χ2n) is 22.7. The van der Waals surface area contributed by atoms with Crippen molar-refractivity contribution in [2.24, 2.45) is 14.0 Å². The Morgan fingerprint density at radius 1 is 0.732 bits per heavy atom. The Labute approximate surface area is 486 Å². The lowest BCUT2D eigenvalue weighted by atomic mass is 9.87. The molecule has 2 atom stereocenters. The van der Waals surface area contributed by atoms with Crippen LogP contribution >= 0.6 is 0 Å². The van der Waals surface area contributed by atoms with Crippen LogP contribution in [-0.4, -0.2) is 137 Å². The summed E-state index contributed by atoms with van der Waals surface area (Å²) in [6, 6.07) is 16.8. The number of ketones is 3. The number of rotatable bonds is 13. The number of hydrogen-bond donors (Lipinski definition) is 3. The third kappa shape index (κ3) is 14.4. The van der Waals surface area contributed by atoms with E-state index in [1.165, 1.54) is 23.5 Å². The zero-order valence-corrected chi connectivity index (χ0v) is 47.3. The molecule has 23 heteroatoms. The van der Waals surface area contributed by atoms with E-state index < -0.39 is 14.3 Å². The zero-order valence-electron chi connectivity index (χ0n) is 53.3. The highest BCUT2D eigenvalue weighted by atomic mass is 16.5. The molecular formula is C59H74N18O5. The lowest BCUT2D eigenvalue weighted by Crippen LogP contribution is -2.48. The van der Waals surface area contributed by atoms with Gasteiger partial charge in [-0.25, -0.2) is 29.3 Å². The molecule has 8 aromatic rings. The second-order valence-corrected chi connectivity index (χ2v) is 22.7. The predicted octanol–water partition coefficient (Wildman–Crippen LogP) is 7.97. The maximum absolute atomic E-state index is 13.4. The third-order valence-corrected chi connectivity index (χ3v) is 14.5. The van der Waals surface area contributed by atoms with Crippen molar-refractivity contribution in [1.29, 1.82) is 0 Å². The molecule has 0 unspecified atom stereocenters. The second kappa shape index (κ2) is 25.3. The molecule has 0 saturated carbocycles. The lowest BCUT2D eigenvalue weighted by Gasteiger charge is -2.36. The Balaban J connectivity index is 0.000000183. The molecule has 2 saturated heterocycles. The van der Waals surface area contributed by atoms with Crippen LogP contribution in [0.3, 0.4) is 0 Å². The van der Waals surface area contributed by atoms with Crippen LogP contribution in [0.15, 0.2) is 98.1 Å². The van der Waals surface area contributed by atoms with E-state index in [0.717, 1.165) is 84.0 Å². The quantitative estimate of drug-likeness (QED) is 0.0925. The van der Waals surface area contributed by atoms with Gasteiger partial charge in [-0.15, -0.1) is 10.2 Å². The molecule has 2 fully saturated rings. The van der Waals surface area contributed by atoms with Crippen molar-refractivity contribution in [3.8, 4) is 22.5 Å². The molecule has 23 nitrogen and oxygen atoms in total. The van der Waals surface area contributed by atoms with Crippen molar-refractivity contribution < 1.29 is 32.1 Å². The summed E-state index contributed by atoms with van der Waals surface area (Å²) in [6.07, 6.45) is 15.8. The molecule has 3 N–H and O–H groups in total. The molecule has 2 aromatic carbocycles. The van der Waals surface area contributed by atoms with E-state index in [2.05, 4.69) is 102 Å². The maximum Gasteiger partial charge on any atom is 0.227 e. The van der Waals surface area contributed by atoms with Gasteiger partial charge in [-0.1, -0.05) is 42.0 Å². The van der Waals surface area contributed by atoms with Crippen LogP contribution < -0.4 is 16.0 Å². The fourth-order valence-corrected chi connectivity index (χ4v) is 9.79. The summed E-state index contributed by atoms with van der Waals surface area (Å²) in [5.74, 6) is 1.23. The summed E-state index contributed by atoms with van der Waals surface area (Å²) < 4.78 is 56.3. The van der Waals surface area contributed by atoms with Crippen LogP contribution in [0.5, 0.6) is 0 Å². The summed E-state index contributed by atoms with van der Waals surface area (Å²) in [5.41, 5.74) is 9.84. The summed E-state index contributed by atoms with van der Waals surface area (Å²) in [7, 11) is 0.452. The fraction of sp³-hybridized carbons (Fsp3) is 0.441. The van der Waals surface area contributed by atoms with Crippen LogP contribution in [0.2, 0.25) is 0 Å². The van der Waals surface area contributed by atoms with Crippen molar-refractivity contribution >= 4 is 40.6 Å². The molecule has 4 aliphatic heterocycles. The molecule has 82 heavy (non-hydrogen) atoms. The van der Waals surface area contributed by atoms with E-state index in [1.807, 2.05) is 73.0 Å². The Morgan fingerprint density at radius 3 is 1.72 bits per heavy atom. The van der Waals surface area contributed by atoms with Crippen LogP contribution in [-0.2, 0) is 52.5 Å². The largest absolute Gasteiger partial charge is 0.378 e. The number of hydrogen-bond acceptors (Lipinski definition) is 19. The van der Waals surface area contributed by atoms with E-state index in [0.29, 0.717) is 73.3 Å². The van der Waals surface area contributed by atoms with E-state index in [9.17, 15) is 14.4 Å². The number of ether oxygens (including phenoxy) is 2. The molecule has 10 heterocycles. The van der Waals surface area contributed by atoms with Gasteiger partial charge >= 0.3 is 0 Å². The fourth-order valence-electron chi connectivity index (χ4n) is 9.79. The van der Waals surface area contributed by atoms with Gasteiger partial charge in [0.05, 0.1) is 77.9 Å². The number of carbonyl (C=O) groups is 3. The maximum atomic E-state index is 13.4. The van der Waals surface area contributed by atoms with Crippen molar-refractivity contribution in [2.45, 2.75) is 117 Å². The smallest absolute Gasteiger partial charge is 0.227 e. The summed E-state index contributed by atoms with van der Waals surface area (Å²) in [5, 5.41) is 34.4. The number of carbonyl (C=O) groups excluding carboxylic acids is 3. The zero-order chi connectivity index (χ0) is 62.9. The molecule has 430 valence electrons. The third-order valence-electron chi connectivity index (χ3n) is 14.5. The Kier molecular flexibility index (Phi) is 15.6. The normalized spacial score (nSPS) is 18.3. The lowest BCUT2D eigenvalue weighted by molar-refractivity contribution is -0.140. The highest BCUT2D eigenvalue weighted by Crippen LogP contribution is 2.37. The number of nitrogens with zero attached hydrogens (tertiary/aromatic N) is 15. The number of benzene rings is 2.